The zero-order valence-corrected chi connectivity index (χ0v) is 11.8. The minimum Gasteiger partial charge on any atom is -0.390 e. The van der Waals surface area contributed by atoms with Crippen LogP contribution in [0.5, 0.6) is 0 Å². The Labute approximate surface area is 119 Å². The smallest absolute Gasteiger partial charge is 0.140 e. The Balaban J connectivity index is 2.02. The lowest BCUT2D eigenvalue weighted by Crippen LogP contribution is -2.97. The minimum atomic E-state index is -0.516. The van der Waals surface area contributed by atoms with Crippen molar-refractivity contribution in [2.75, 3.05) is 13.2 Å². The summed E-state index contributed by atoms with van der Waals surface area (Å²) in [7, 11) is 0. The Hall–Kier alpha value is -1.68. The first-order valence-electron chi connectivity index (χ1n) is 6.87. The van der Waals surface area contributed by atoms with E-state index in [0.29, 0.717) is 0 Å². The molecule has 2 aromatic rings. The standard InChI is InChI=1S/C17H21NO2/c1-17(12-19,13-20)18-11-14-7-9-16(10-8-14)15-5-3-2-4-6-15/h2-10,18-20H,11-13H2,1H3/p+1. The van der Waals surface area contributed by atoms with Crippen LogP contribution in [-0.2, 0) is 6.54 Å². The van der Waals surface area contributed by atoms with Crippen LogP contribution >= 0.6 is 0 Å². The SMILES string of the molecule is CC(CO)(CO)[NH2+]Cc1ccc(-c2ccccc2)cc1. The molecule has 0 aliphatic heterocycles. The molecule has 20 heavy (non-hydrogen) atoms. The Morgan fingerprint density at radius 1 is 0.850 bits per heavy atom. The first-order valence-corrected chi connectivity index (χ1v) is 6.87. The van der Waals surface area contributed by atoms with Gasteiger partial charge in [-0.3, -0.25) is 0 Å². The van der Waals surface area contributed by atoms with Gasteiger partial charge in [0.15, 0.2) is 0 Å². The summed E-state index contributed by atoms with van der Waals surface area (Å²) in [5, 5.41) is 20.5. The van der Waals surface area contributed by atoms with Crippen molar-refractivity contribution in [3.8, 4) is 11.1 Å². The molecule has 0 atom stereocenters. The number of rotatable bonds is 6. The van der Waals surface area contributed by atoms with Crippen LogP contribution in [0.4, 0.5) is 0 Å². The topological polar surface area (TPSA) is 57.1 Å². The van der Waals surface area contributed by atoms with Crippen molar-refractivity contribution >= 4 is 0 Å². The van der Waals surface area contributed by atoms with Crippen LogP contribution in [0.25, 0.3) is 11.1 Å². The summed E-state index contributed by atoms with van der Waals surface area (Å²) >= 11 is 0. The number of aliphatic hydroxyl groups excluding tert-OH is 2. The van der Waals surface area contributed by atoms with Crippen molar-refractivity contribution in [3.05, 3.63) is 60.2 Å². The lowest BCUT2D eigenvalue weighted by molar-refractivity contribution is -0.741. The Bertz CT molecular complexity index is 518. The molecule has 0 saturated heterocycles. The van der Waals surface area contributed by atoms with Crippen LogP contribution in [0, 0.1) is 0 Å². The molecule has 3 heteroatoms. The van der Waals surface area contributed by atoms with E-state index in [1.807, 2.05) is 30.4 Å². The molecule has 0 aromatic heterocycles. The van der Waals surface area contributed by atoms with E-state index >= 15 is 0 Å². The highest BCUT2D eigenvalue weighted by Crippen LogP contribution is 2.18. The van der Waals surface area contributed by atoms with Crippen molar-refractivity contribution in [2.45, 2.75) is 19.0 Å². The normalized spacial score (nSPS) is 11.6. The molecular weight excluding hydrogens is 250 g/mol. The third-order valence-corrected chi connectivity index (χ3v) is 3.61. The molecule has 0 radical (unpaired) electrons. The summed E-state index contributed by atoms with van der Waals surface area (Å²) in [5.74, 6) is 0. The predicted molar refractivity (Wildman–Crippen MR) is 80.1 cm³/mol. The average molecular weight is 272 g/mol. The van der Waals surface area contributed by atoms with Crippen molar-refractivity contribution in [1.29, 1.82) is 0 Å². The number of aliphatic hydroxyl groups is 2. The largest absolute Gasteiger partial charge is 0.390 e. The molecule has 0 aliphatic carbocycles. The van der Waals surface area contributed by atoms with Gasteiger partial charge in [-0.15, -0.1) is 0 Å². The second kappa shape index (κ2) is 6.66. The second-order valence-electron chi connectivity index (χ2n) is 5.44. The number of nitrogens with two attached hydrogens (primary N) is 1. The van der Waals surface area contributed by atoms with Gasteiger partial charge in [0.05, 0.1) is 13.2 Å². The van der Waals surface area contributed by atoms with Crippen molar-refractivity contribution < 1.29 is 15.5 Å². The highest BCUT2D eigenvalue weighted by molar-refractivity contribution is 5.63. The van der Waals surface area contributed by atoms with Gasteiger partial charge in [-0.2, -0.15) is 0 Å². The molecule has 0 fully saturated rings. The zero-order chi connectivity index (χ0) is 14.4. The fourth-order valence-corrected chi connectivity index (χ4v) is 2.01. The molecule has 106 valence electrons. The van der Waals surface area contributed by atoms with E-state index in [2.05, 4.69) is 36.4 Å². The molecule has 0 saturated carbocycles. The van der Waals surface area contributed by atoms with Crippen LogP contribution in [0.3, 0.4) is 0 Å². The van der Waals surface area contributed by atoms with E-state index < -0.39 is 5.54 Å². The second-order valence-corrected chi connectivity index (χ2v) is 5.44. The van der Waals surface area contributed by atoms with Gasteiger partial charge < -0.3 is 15.5 Å². The van der Waals surface area contributed by atoms with Crippen LogP contribution in [0.15, 0.2) is 54.6 Å². The van der Waals surface area contributed by atoms with Crippen LogP contribution < -0.4 is 5.32 Å². The molecule has 0 bridgehead atoms. The van der Waals surface area contributed by atoms with Gasteiger partial charge in [-0.05, 0) is 18.1 Å². The van der Waals surface area contributed by atoms with E-state index in [9.17, 15) is 10.2 Å². The summed E-state index contributed by atoms with van der Waals surface area (Å²) in [6, 6.07) is 18.7. The highest BCUT2D eigenvalue weighted by atomic mass is 16.3. The number of hydrogen-bond acceptors (Lipinski definition) is 2. The fourth-order valence-electron chi connectivity index (χ4n) is 2.01. The molecule has 0 unspecified atom stereocenters. The Kier molecular flexibility index (Phi) is 4.90. The summed E-state index contributed by atoms with van der Waals surface area (Å²) in [5.41, 5.74) is 3.07. The first kappa shape index (κ1) is 14.7. The average Bonchev–Trinajstić information content (AvgIpc) is 2.54. The maximum atomic E-state index is 9.26. The van der Waals surface area contributed by atoms with Crippen molar-refractivity contribution in [1.82, 2.24) is 0 Å². The van der Waals surface area contributed by atoms with Gasteiger partial charge in [-0.1, -0.05) is 54.6 Å². The third kappa shape index (κ3) is 3.67. The minimum absolute atomic E-state index is 0.0361. The van der Waals surface area contributed by atoms with Gasteiger partial charge in [0.25, 0.3) is 0 Å². The van der Waals surface area contributed by atoms with Crippen LogP contribution in [0.2, 0.25) is 0 Å². The maximum absolute atomic E-state index is 9.26. The molecule has 2 aromatic carbocycles. The first-order chi connectivity index (χ1) is 9.67. The summed E-state index contributed by atoms with van der Waals surface area (Å²) in [6.45, 7) is 2.52. The van der Waals surface area contributed by atoms with Gasteiger partial charge in [0, 0.05) is 5.56 Å². The molecule has 0 heterocycles. The summed E-state index contributed by atoms with van der Waals surface area (Å²) in [4.78, 5) is 0. The van der Waals surface area contributed by atoms with E-state index in [-0.39, 0.29) is 13.2 Å². The predicted octanol–water partition coefficient (Wildman–Crippen LogP) is 1.16. The molecule has 0 aliphatic rings. The van der Waals surface area contributed by atoms with Gasteiger partial charge in [-0.25, -0.2) is 0 Å². The Morgan fingerprint density at radius 2 is 1.40 bits per heavy atom. The molecular formula is C17H22NO2+. The van der Waals surface area contributed by atoms with Gasteiger partial charge >= 0.3 is 0 Å². The van der Waals surface area contributed by atoms with E-state index in [1.165, 1.54) is 16.7 Å². The summed E-state index contributed by atoms with van der Waals surface area (Å²) in [6.07, 6.45) is 0. The molecule has 4 N–H and O–H groups in total. The van der Waals surface area contributed by atoms with E-state index in [4.69, 9.17) is 0 Å². The molecule has 0 amide bonds. The van der Waals surface area contributed by atoms with Crippen LogP contribution in [0.1, 0.15) is 12.5 Å². The van der Waals surface area contributed by atoms with Gasteiger partial charge in [0.1, 0.15) is 12.1 Å². The fraction of sp³-hybridized carbons (Fsp3) is 0.294. The number of hydrogen-bond donors (Lipinski definition) is 3. The Morgan fingerprint density at radius 3 is 1.95 bits per heavy atom. The molecule has 0 spiro atoms. The molecule has 3 nitrogen and oxygen atoms in total. The zero-order valence-electron chi connectivity index (χ0n) is 11.8. The monoisotopic (exact) mass is 272 g/mol. The van der Waals surface area contributed by atoms with E-state index in [0.717, 1.165) is 6.54 Å². The quantitative estimate of drug-likeness (QED) is 0.739. The van der Waals surface area contributed by atoms with E-state index in [1.54, 1.807) is 0 Å². The van der Waals surface area contributed by atoms with Crippen molar-refractivity contribution in [3.63, 3.8) is 0 Å². The van der Waals surface area contributed by atoms with Crippen molar-refractivity contribution in [2.24, 2.45) is 0 Å². The lowest BCUT2D eigenvalue weighted by Gasteiger charge is -2.22. The van der Waals surface area contributed by atoms with Gasteiger partial charge in [0.2, 0.25) is 0 Å². The highest BCUT2D eigenvalue weighted by Gasteiger charge is 2.25. The number of benzene rings is 2. The number of quaternary nitrogens is 1. The maximum Gasteiger partial charge on any atom is 0.140 e. The van der Waals surface area contributed by atoms with Crippen LogP contribution in [-0.4, -0.2) is 29.0 Å². The summed E-state index contributed by atoms with van der Waals surface area (Å²) < 4.78 is 0. The molecule has 2 rings (SSSR count). The lowest BCUT2D eigenvalue weighted by atomic mass is 10.0. The third-order valence-electron chi connectivity index (χ3n) is 3.61.